The zero-order valence-electron chi connectivity index (χ0n) is 12.9. The fourth-order valence-electron chi connectivity index (χ4n) is 4.40. The second-order valence-electron chi connectivity index (χ2n) is 6.65. The highest BCUT2D eigenvalue weighted by Gasteiger charge is 2.38. The SMILES string of the molecule is CC1CCCC(C)N1C1c2ccccc2-c2ccccc21. The van der Waals surface area contributed by atoms with Crippen molar-refractivity contribution in [3.8, 4) is 11.1 Å². The van der Waals surface area contributed by atoms with E-state index in [4.69, 9.17) is 0 Å². The third kappa shape index (κ3) is 1.95. The lowest BCUT2D eigenvalue weighted by Crippen LogP contribution is -2.45. The Kier molecular flexibility index (Phi) is 3.11. The Morgan fingerprint density at radius 1 is 0.762 bits per heavy atom. The number of fused-ring (bicyclic) bond motifs is 3. The normalized spacial score (nSPS) is 25.6. The van der Waals surface area contributed by atoms with Crippen molar-refractivity contribution in [2.24, 2.45) is 0 Å². The van der Waals surface area contributed by atoms with E-state index in [1.807, 2.05) is 0 Å². The van der Waals surface area contributed by atoms with Gasteiger partial charge in [0, 0.05) is 12.1 Å². The zero-order valence-corrected chi connectivity index (χ0v) is 12.9. The van der Waals surface area contributed by atoms with Crippen LogP contribution in [0, 0.1) is 0 Å². The molecule has 0 bridgehead atoms. The summed E-state index contributed by atoms with van der Waals surface area (Å²) in [5.74, 6) is 0. The van der Waals surface area contributed by atoms with Crippen LogP contribution in [0.15, 0.2) is 48.5 Å². The molecule has 1 heteroatoms. The summed E-state index contributed by atoms with van der Waals surface area (Å²) in [7, 11) is 0. The van der Waals surface area contributed by atoms with Gasteiger partial charge in [-0.05, 0) is 48.9 Å². The van der Waals surface area contributed by atoms with Crippen LogP contribution in [-0.4, -0.2) is 17.0 Å². The smallest absolute Gasteiger partial charge is 0.0618 e. The Balaban J connectivity index is 1.88. The van der Waals surface area contributed by atoms with Gasteiger partial charge >= 0.3 is 0 Å². The predicted octanol–water partition coefficient (Wildman–Crippen LogP) is 5.02. The Morgan fingerprint density at radius 3 is 1.76 bits per heavy atom. The van der Waals surface area contributed by atoms with Gasteiger partial charge in [-0.1, -0.05) is 55.0 Å². The first kappa shape index (κ1) is 13.1. The van der Waals surface area contributed by atoms with Crippen LogP contribution in [-0.2, 0) is 0 Å². The molecule has 1 fully saturated rings. The largest absolute Gasteiger partial charge is 0.287 e. The summed E-state index contributed by atoms with van der Waals surface area (Å²) < 4.78 is 0. The quantitative estimate of drug-likeness (QED) is 0.707. The van der Waals surface area contributed by atoms with Crippen LogP contribution in [0.3, 0.4) is 0 Å². The highest BCUT2D eigenvalue weighted by molar-refractivity contribution is 5.78. The van der Waals surface area contributed by atoms with E-state index >= 15 is 0 Å². The minimum absolute atomic E-state index is 0.447. The standard InChI is InChI=1S/C20H23N/c1-14-8-7-9-15(2)21(14)20-18-12-5-3-10-16(18)17-11-4-6-13-19(17)20/h3-6,10-15,20H,7-9H2,1-2H3. The molecule has 2 atom stereocenters. The van der Waals surface area contributed by atoms with Crippen LogP contribution >= 0.6 is 0 Å². The van der Waals surface area contributed by atoms with Gasteiger partial charge in [0.1, 0.15) is 0 Å². The molecule has 2 aliphatic rings. The average molecular weight is 277 g/mol. The molecule has 1 heterocycles. The molecule has 0 saturated carbocycles. The third-order valence-electron chi connectivity index (χ3n) is 5.36. The van der Waals surface area contributed by atoms with Gasteiger partial charge in [-0.3, -0.25) is 4.90 Å². The number of benzene rings is 2. The van der Waals surface area contributed by atoms with Gasteiger partial charge in [-0.2, -0.15) is 0 Å². The van der Waals surface area contributed by atoms with Gasteiger partial charge in [0.05, 0.1) is 6.04 Å². The van der Waals surface area contributed by atoms with Crippen LogP contribution in [0.4, 0.5) is 0 Å². The van der Waals surface area contributed by atoms with Gasteiger partial charge < -0.3 is 0 Å². The number of nitrogens with zero attached hydrogens (tertiary/aromatic N) is 1. The van der Waals surface area contributed by atoms with E-state index < -0.39 is 0 Å². The van der Waals surface area contributed by atoms with Crippen LogP contribution in [0.25, 0.3) is 11.1 Å². The molecule has 2 unspecified atom stereocenters. The maximum Gasteiger partial charge on any atom is 0.0618 e. The molecule has 1 saturated heterocycles. The minimum Gasteiger partial charge on any atom is -0.287 e. The summed E-state index contributed by atoms with van der Waals surface area (Å²) in [6, 6.07) is 19.7. The highest BCUT2D eigenvalue weighted by atomic mass is 15.2. The summed E-state index contributed by atoms with van der Waals surface area (Å²) >= 11 is 0. The molecule has 0 N–H and O–H groups in total. The van der Waals surface area contributed by atoms with Gasteiger partial charge in [0.2, 0.25) is 0 Å². The lowest BCUT2D eigenvalue weighted by molar-refractivity contribution is 0.0730. The van der Waals surface area contributed by atoms with E-state index in [2.05, 4.69) is 67.3 Å². The van der Waals surface area contributed by atoms with Crippen molar-refractivity contribution >= 4 is 0 Å². The summed E-state index contributed by atoms with van der Waals surface area (Å²) in [6.45, 7) is 4.80. The van der Waals surface area contributed by atoms with E-state index in [1.165, 1.54) is 41.5 Å². The topological polar surface area (TPSA) is 3.24 Å². The van der Waals surface area contributed by atoms with Crippen LogP contribution in [0.1, 0.15) is 50.3 Å². The molecule has 1 aliphatic heterocycles. The molecule has 0 amide bonds. The highest BCUT2D eigenvalue weighted by Crippen LogP contribution is 2.48. The molecule has 0 aromatic heterocycles. The second-order valence-corrected chi connectivity index (χ2v) is 6.65. The van der Waals surface area contributed by atoms with Crippen molar-refractivity contribution in [1.29, 1.82) is 0 Å². The zero-order chi connectivity index (χ0) is 14.4. The van der Waals surface area contributed by atoms with Gasteiger partial charge in [0.15, 0.2) is 0 Å². The monoisotopic (exact) mass is 277 g/mol. The van der Waals surface area contributed by atoms with Gasteiger partial charge in [-0.25, -0.2) is 0 Å². The first-order valence-electron chi connectivity index (χ1n) is 8.23. The second kappa shape index (κ2) is 4.99. The Hall–Kier alpha value is -1.60. The molecular weight excluding hydrogens is 254 g/mol. The van der Waals surface area contributed by atoms with E-state index in [1.54, 1.807) is 0 Å². The number of hydrogen-bond donors (Lipinski definition) is 0. The fourth-order valence-corrected chi connectivity index (χ4v) is 4.40. The summed E-state index contributed by atoms with van der Waals surface area (Å²) in [4.78, 5) is 2.76. The average Bonchev–Trinajstić information content (AvgIpc) is 2.83. The molecule has 108 valence electrons. The summed E-state index contributed by atoms with van der Waals surface area (Å²) in [5.41, 5.74) is 5.87. The molecule has 0 spiro atoms. The first-order valence-corrected chi connectivity index (χ1v) is 8.23. The Bertz CT molecular complexity index is 605. The molecule has 0 radical (unpaired) electrons. The summed E-state index contributed by atoms with van der Waals surface area (Å²) in [5, 5.41) is 0. The van der Waals surface area contributed by atoms with E-state index in [9.17, 15) is 0 Å². The van der Waals surface area contributed by atoms with Crippen LogP contribution < -0.4 is 0 Å². The van der Waals surface area contributed by atoms with Crippen molar-refractivity contribution in [2.75, 3.05) is 0 Å². The molecule has 1 nitrogen and oxygen atoms in total. The summed E-state index contributed by atoms with van der Waals surface area (Å²) in [6.07, 6.45) is 4.02. The number of likely N-dealkylation sites (tertiary alicyclic amines) is 1. The van der Waals surface area contributed by atoms with Crippen molar-refractivity contribution in [1.82, 2.24) is 4.90 Å². The number of piperidine rings is 1. The van der Waals surface area contributed by atoms with Gasteiger partial charge in [-0.15, -0.1) is 0 Å². The minimum atomic E-state index is 0.447. The lowest BCUT2D eigenvalue weighted by Gasteiger charge is -2.43. The lowest BCUT2D eigenvalue weighted by atomic mass is 9.92. The Morgan fingerprint density at radius 2 is 1.24 bits per heavy atom. The molecule has 1 aliphatic carbocycles. The number of hydrogen-bond acceptors (Lipinski definition) is 1. The number of rotatable bonds is 1. The van der Waals surface area contributed by atoms with Crippen molar-refractivity contribution < 1.29 is 0 Å². The van der Waals surface area contributed by atoms with Crippen LogP contribution in [0.2, 0.25) is 0 Å². The van der Waals surface area contributed by atoms with E-state index in [-0.39, 0.29) is 0 Å². The Labute approximate surface area is 127 Å². The molecule has 21 heavy (non-hydrogen) atoms. The van der Waals surface area contributed by atoms with Crippen molar-refractivity contribution in [3.63, 3.8) is 0 Å². The molecule has 2 aromatic carbocycles. The maximum atomic E-state index is 2.76. The van der Waals surface area contributed by atoms with E-state index in [0.29, 0.717) is 18.1 Å². The molecular formula is C20H23N. The van der Waals surface area contributed by atoms with Gasteiger partial charge in [0.25, 0.3) is 0 Å². The van der Waals surface area contributed by atoms with E-state index in [0.717, 1.165) is 0 Å². The molecule has 4 rings (SSSR count). The third-order valence-corrected chi connectivity index (χ3v) is 5.36. The predicted molar refractivity (Wildman–Crippen MR) is 88.3 cm³/mol. The molecule has 2 aromatic rings. The maximum absolute atomic E-state index is 2.76. The van der Waals surface area contributed by atoms with Crippen molar-refractivity contribution in [2.45, 2.75) is 51.2 Å². The first-order chi connectivity index (χ1) is 10.3. The van der Waals surface area contributed by atoms with Crippen LogP contribution in [0.5, 0.6) is 0 Å². The van der Waals surface area contributed by atoms with Crippen molar-refractivity contribution in [3.05, 3.63) is 59.7 Å². The fraction of sp³-hybridized carbons (Fsp3) is 0.400.